The van der Waals surface area contributed by atoms with E-state index < -0.39 is 121 Å². The van der Waals surface area contributed by atoms with Crippen LogP contribution in [-0.2, 0) is 57.1 Å². The number of methoxy groups -OCH3 is 1. The minimum absolute atomic E-state index is 0.0460. The van der Waals surface area contributed by atoms with Gasteiger partial charge in [-0.25, -0.2) is 0 Å². The molecule has 16 nitrogen and oxygen atoms in total. The minimum atomic E-state index is -1.50. The highest BCUT2D eigenvalue weighted by Crippen LogP contribution is 2.38. The van der Waals surface area contributed by atoms with Crippen LogP contribution >= 0.6 is 0 Å². The van der Waals surface area contributed by atoms with Crippen LogP contribution in [0.3, 0.4) is 0 Å². The van der Waals surface area contributed by atoms with Gasteiger partial charge >= 0.3 is 17.9 Å². The van der Waals surface area contributed by atoms with E-state index >= 15 is 0 Å². The fourth-order valence-electron chi connectivity index (χ4n) is 8.08. The second-order valence-corrected chi connectivity index (χ2v) is 17.0. The SMILES string of the molecule is CO[C@@H]1[C@@H](O[C@@H]2O[C@H](C)[C@@H](O[C@H]3C[C@@](C)(O)[C@@H](OC(=O)CC(C)C)[C@H](C)O3)[C@H](N(C)C)[C@H]2O)[C@@H](CC=O)C[C@@H](C)[C@H](O)C=CC=CC[C@@H](C)OC(=O)C[C@H]1OC(C)=O. The Morgan fingerprint density at radius 3 is 2.29 bits per heavy atom. The number of aldehydes is 1. The highest BCUT2D eigenvalue weighted by atomic mass is 16.7. The van der Waals surface area contributed by atoms with Crippen LogP contribution in [0.2, 0.25) is 0 Å². The van der Waals surface area contributed by atoms with E-state index in [0.717, 1.165) is 0 Å². The lowest BCUT2D eigenvalue weighted by atomic mass is 9.82. The van der Waals surface area contributed by atoms with Crippen molar-refractivity contribution in [3.8, 4) is 0 Å². The summed E-state index contributed by atoms with van der Waals surface area (Å²) in [5.74, 6) is -2.82. The average molecular weight is 828 g/mol. The molecular formula is C42H69NO15. The quantitative estimate of drug-likeness (QED) is 0.147. The van der Waals surface area contributed by atoms with Crippen LogP contribution in [-0.4, -0.2) is 151 Å². The second kappa shape index (κ2) is 22.7. The maximum Gasteiger partial charge on any atom is 0.309 e. The zero-order valence-corrected chi connectivity index (χ0v) is 36.1. The van der Waals surface area contributed by atoms with E-state index in [0.29, 0.717) is 12.7 Å². The van der Waals surface area contributed by atoms with E-state index in [4.69, 9.17) is 37.9 Å². The average Bonchev–Trinajstić information content (AvgIpc) is 3.09. The Morgan fingerprint density at radius 1 is 1.02 bits per heavy atom. The lowest BCUT2D eigenvalue weighted by molar-refractivity contribution is -0.344. The summed E-state index contributed by atoms with van der Waals surface area (Å²) in [6.45, 7) is 13.5. The van der Waals surface area contributed by atoms with E-state index in [2.05, 4.69) is 0 Å². The topological polar surface area (TPSA) is 206 Å². The normalized spacial score (nSPS) is 39.6. The predicted octanol–water partition coefficient (Wildman–Crippen LogP) is 3.01. The maximum atomic E-state index is 13.2. The predicted molar refractivity (Wildman–Crippen MR) is 210 cm³/mol. The number of nitrogens with zero attached hydrogens (tertiary/aromatic N) is 1. The lowest BCUT2D eigenvalue weighted by Gasteiger charge is -2.50. The summed E-state index contributed by atoms with van der Waals surface area (Å²) in [6.07, 6.45) is -4.11. The number of likely N-dealkylation sites (N-methyl/N-ethyl adjacent to an activating group) is 1. The highest BCUT2D eigenvalue weighted by Gasteiger charge is 2.53. The number of carbonyl (C=O) groups excluding carboxylic acids is 4. The van der Waals surface area contributed by atoms with E-state index in [9.17, 15) is 34.5 Å². The smallest absolute Gasteiger partial charge is 0.309 e. The summed E-state index contributed by atoms with van der Waals surface area (Å²) in [7, 11) is 4.86. The third kappa shape index (κ3) is 14.2. The molecule has 16 atom stereocenters. The van der Waals surface area contributed by atoms with Crippen molar-refractivity contribution in [2.75, 3.05) is 21.2 Å². The van der Waals surface area contributed by atoms with Gasteiger partial charge in [0.05, 0.1) is 36.9 Å². The Hall–Kier alpha value is -2.80. The summed E-state index contributed by atoms with van der Waals surface area (Å²) in [5, 5.41) is 34.6. The number of cyclic esters (lactones) is 1. The molecule has 0 aliphatic carbocycles. The molecule has 2 saturated heterocycles. The zero-order valence-electron chi connectivity index (χ0n) is 36.1. The van der Waals surface area contributed by atoms with Crippen LogP contribution in [0, 0.1) is 17.8 Å². The van der Waals surface area contributed by atoms with Crippen molar-refractivity contribution in [1.29, 1.82) is 0 Å². The molecule has 3 N–H and O–H groups in total. The molecule has 3 rings (SSSR count). The Kier molecular flexibility index (Phi) is 19.4. The molecule has 0 aromatic carbocycles. The summed E-state index contributed by atoms with van der Waals surface area (Å²) >= 11 is 0. The van der Waals surface area contributed by atoms with Gasteiger partial charge in [0.15, 0.2) is 18.7 Å². The number of allylic oxidation sites excluding steroid dienone is 2. The maximum absolute atomic E-state index is 13.2. The van der Waals surface area contributed by atoms with Gasteiger partial charge in [0.25, 0.3) is 0 Å². The van der Waals surface area contributed by atoms with Crippen LogP contribution < -0.4 is 0 Å². The molecule has 0 radical (unpaired) electrons. The number of rotatable bonds is 12. The summed E-state index contributed by atoms with van der Waals surface area (Å²) < 4.78 is 48.6. The van der Waals surface area contributed by atoms with Crippen LogP contribution in [0.15, 0.2) is 24.3 Å². The number of aliphatic hydroxyl groups excluding tert-OH is 2. The molecule has 0 unspecified atom stereocenters. The van der Waals surface area contributed by atoms with Crippen molar-refractivity contribution < 1.29 is 72.4 Å². The molecule has 2 fully saturated rings. The van der Waals surface area contributed by atoms with E-state index in [1.165, 1.54) is 14.0 Å². The number of ether oxygens (including phenoxy) is 8. The molecule has 3 aliphatic heterocycles. The first-order chi connectivity index (χ1) is 27.2. The van der Waals surface area contributed by atoms with Crippen LogP contribution in [0.1, 0.15) is 93.9 Å². The van der Waals surface area contributed by atoms with Gasteiger partial charge in [0.2, 0.25) is 0 Å². The molecule has 0 amide bonds. The molecule has 58 heavy (non-hydrogen) atoms. The Balaban J connectivity index is 1.98. The van der Waals surface area contributed by atoms with Crippen LogP contribution in [0.4, 0.5) is 0 Å². The first-order valence-electron chi connectivity index (χ1n) is 20.4. The van der Waals surface area contributed by atoms with Gasteiger partial charge in [0.1, 0.15) is 42.4 Å². The fraction of sp³-hybridized carbons (Fsp3) is 0.810. The highest BCUT2D eigenvalue weighted by molar-refractivity contribution is 5.72. The van der Waals surface area contributed by atoms with Gasteiger partial charge in [-0.1, -0.05) is 45.1 Å². The summed E-state index contributed by atoms with van der Waals surface area (Å²) in [6, 6.07) is -0.782. The van der Waals surface area contributed by atoms with Crippen LogP contribution in [0.5, 0.6) is 0 Å². The Labute approximate surface area is 343 Å². The largest absolute Gasteiger partial charge is 0.462 e. The van der Waals surface area contributed by atoms with Gasteiger partial charge in [0, 0.05) is 39.7 Å². The van der Waals surface area contributed by atoms with E-state index in [-0.39, 0.29) is 31.6 Å². The first kappa shape index (κ1) is 49.6. The molecule has 0 spiro atoms. The lowest BCUT2D eigenvalue weighted by Crippen LogP contribution is -2.66. The van der Waals surface area contributed by atoms with Gasteiger partial charge in [-0.05, 0) is 66.0 Å². The molecule has 0 bridgehead atoms. The summed E-state index contributed by atoms with van der Waals surface area (Å²) in [4.78, 5) is 52.3. The molecular weight excluding hydrogens is 758 g/mol. The number of carbonyl (C=O) groups is 4. The van der Waals surface area contributed by atoms with E-state index in [1.54, 1.807) is 71.0 Å². The number of hydrogen-bond acceptors (Lipinski definition) is 16. The monoisotopic (exact) mass is 827 g/mol. The van der Waals surface area contributed by atoms with Gasteiger partial charge in [-0.3, -0.25) is 14.4 Å². The summed E-state index contributed by atoms with van der Waals surface area (Å²) in [5.41, 5.74) is -1.50. The third-order valence-corrected chi connectivity index (χ3v) is 10.9. The van der Waals surface area contributed by atoms with Crippen molar-refractivity contribution in [3.63, 3.8) is 0 Å². The van der Waals surface area contributed by atoms with Crippen molar-refractivity contribution in [2.45, 2.75) is 179 Å². The molecule has 3 heterocycles. The van der Waals surface area contributed by atoms with Crippen molar-refractivity contribution in [1.82, 2.24) is 4.90 Å². The molecule has 0 aromatic heterocycles. The van der Waals surface area contributed by atoms with Crippen molar-refractivity contribution in [2.24, 2.45) is 17.8 Å². The Bertz CT molecular complexity index is 1390. The molecule has 16 heteroatoms. The van der Waals surface area contributed by atoms with Gasteiger partial charge in [-0.2, -0.15) is 0 Å². The Morgan fingerprint density at radius 2 is 1.71 bits per heavy atom. The molecule has 0 saturated carbocycles. The van der Waals surface area contributed by atoms with Crippen molar-refractivity contribution in [3.05, 3.63) is 24.3 Å². The minimum Gasteiger partial charge on any atom is -0.462 e. The number of aliphatic hydroxyl groups is 3. The van der Waals surface area contributed by atoms with E-state index in [1.807, 2.05) is 20.8 Å². The molecule has 3 aliphatic rings. The fourth-order valence-corrected chi connectivity index (χ4v) is 8.08. The standard InChI is InChI=1S/C42H69NO15/c1-23(2)19-32(47)56-40-27(6)53-34(22-42(40,8)50)57-37-26(5)54-41(36(49)35(37)43(9)10)58-38-29(17-18-44)20-24(3)30(46)16-14-12-13-15-25(4)52-33(48)21-31(39(38)51-11)55-28(7)45/h12-14,16,18,23-27,29-31,34-41,46,49-50H,15,17,19-22H2,1-11H3/t24-,25-,26-,27+,29+,30-,31-,34+,35-,36-,37-,38+,39+,40+,41+,42-/m1/s1. The number of hydrogen-bond donors (Lipinski definition) is 3. The first-order valence-corrected chi connectivity index (χ1v) is 20.4. The zero-order chi connectivity index (χ0) is 43.5. The van der Waals surface area contributed by atoms with Gasteiger partial charge in [-0.15, -0.1) is 0 Å². The second-order valence-electron chi connectivity index (χ2n) is 17.0. The van der Waals surface area contributed by atoms with Crippen LogP contribution in [0.25, 0.3) is 0 Å². The molecule has 332 valence electrons. The molecule has 0 aromatic rings. The number of esters is 3. The van der Waals surface area contributed by atoms with Gasteiger partial charge < -0.3 is 62.9 Å². The van der Waals surface area contributed by atoms with Crippen molar-refractivity contribution >= 4 is 24.2 Å². The third-order valence-electron chi connectivity index (χ3n) is 10.9.